The third kappa shape index (κ3) is 7.21. The second-order valence-electron chi connectivity index (χ2n) is 9.38. The van der Waals surface area contributed by atoms with Crippen LogP contribution in [-0.4, -0.2) is 67.5 Å². The summed E-state index contributed by atoms with van der Waals surface area (Å²) in [5.41, 5.74) is 4.01. The Morgan fingerprint density at radius 2 is 2.03 bits per heavy atom. The first-order valence-electron chi connectivity index (χ1n) is 12.2. The van der Waals surface area contributed by atoms with Gasteiger partial charge in [-0.2, -0.15) is 0 Å². The van der Waals surface area contributed by atoms with Gasteiger partial charge in [0.2, 0.25) is 0 Å². The molecule has 7 heteroatoms. The first-order chi connectivity index (χ1) is 17.2. The van der Waals surface area contributed by atoms with Crippen molar-refractivity contribution in [3.63, 3.8) is 0 Å². The van der Waals surface area contributed by atoms with Gasteiger partial charge in [0.15, 0.2) is 5.82 Å². The number of alkyl halides is 1. The molecule has 2 aromatic rings. The molecule has 0 aliphatic carbocycles. The number of nitrogens with one attached hydrogen (secondary N) is 2. The standard InChI is InChI=1S/C29H37FN6/c1-7-22(19-36(5)6)23-9-8-10-24(16-23)27-33-18-26(25(17-31-4)15-21(2)3)28(35-27)34-20-29(30)11-13-32-14-12-29/h7-10,15-19,32H,1-2,11-14,20H2,3-6H3,(H,33,34,35)/b22-19+,25-15+,31-17?. The average molecular weight is 489 g/mol. The van der Waals surface area contributed by atoms with Crippen LogP contribution < -0.4 is 10.6 Å². The molecule has 1 aromatic heterocycles. The van der Waals surface area contributed by atoms with Crippen molar-refractivity contribution in [2.45, 2.75) is 25.4 Å². The molecule has 1 aliphatic heterocycles. The van der Waals surface area contributed by atoms with Crippen LogP contribution in [0.5, 0.6) is 0 Å². The minimum absolute atomic E-state index is 0.175. The molecule has 36 heavy (non-hydrogen) atoms. The van der Waals surface area contributed by atoms with Crippen LogP contribution in [0.4, 0.5) is 10.2 Å². The molecule has 0 bridgehead atoms. The number of piperidine rings is 1. The SMILES string of the molecule is C=C/C(=C\N(C)C)c1cccc(-c2ncc(/C(C=NC)=C/C(=C)C)c(NCC3(F)CCNCC3)n2)c1. The fourth-order valence-electron chi connectivity index (χ4n) is 4.11. The molecule has 0 unspecified atom stereocenters. The zero-order valence-corrected chi connectivity index (χ0v) is 21.8. The normalized spacial score (nSPS) is 16.1. The molecule has 1 saturated heterocycles. The predicted octanol–water partition coefficient (Wildman–Crippen LogP) is 5.40. The number of aromatic nitrogens is 2. The predicted molar refractivity (Wildman–Crippen MR) is 151 cm³/mol. The monoisotopic (exact) mass is 488 g/mol. The van der Waals surface area contributed by atoms with Gasteiger partial charge in [0.25, 0.3) is 0 Å². The van der Waals surface area contributed by atoms with Crippen LogP contribution >= 0.6 is 0 Å². The van der Waals surface area contributed by atoms with Crippen LogP contribution in [0.1, 0.15) is 30.9 Å². The number of halogens is 1. The van der Waals surface area contributed by atoms with Gasteiger partial charge in [-0.25, -0.2) is 14.4 Å². The van der Waals surface area contributed by atoms with Crippen LogP contribution in [-0.2, 0) is 0 Å². The average Bonchev–Trinajstić information content (AvgIpc) is 2.86. The molecule has 3 rings (SSSR count). The fourth-order valence-corrected chi connectivity index (χ4v) is 4.11. The summed E-state index contributed by atoms with van der Waals surface area (Å²) in [6.45, 7) is 11.4. The summed E-state index contributed by atoms with van der Waals surface area (Å²) < 4.78 is 15.4. The summed E-state index contributed by atoms with van der Waals surface area (Å²) in [6.07, 6.45) is 10.2. The van der Waals surface area contributed by atoms with Gasteiger partial charge < -0.3 is 15.5 Å². The molecule has 0 saturated carbocycles. The van der Waals surface area contributed by atoms with Crippen molar-refractivity contribution in [1.82, 2.24) is 20.2 Å². The van der Waals surface area contributed by atoms with Gasteiger partial charge in [0, 0.05) is 56.5 Å². The maximum atomic E-state index is 15.4. The lowest BCUT2D eigenvalue weighted by atomic mass is 9.94. The molecule has 0 spiro atoms. The van der Waals surface area contributed by atoms with E-state index in [1.54, 1.807) is 19.5 Å². The summed E-state index contributed by atoms with van der Waals surface area (Å²) in [5.74, 6) is 1.12. The van der Waals surface area contributed by atoms with E-state index in [0.29, 0.717) is 37.6 Å². The Kier molecular flexibility index (Phi) is 9.31. The topological polar surface area (TPSA) is 65.4 Å². The minimum atomic E-state index is -1.29. The zero-order valence-electron chi connectivity index (χ0n) is 21.8. The number of rotatable bonds is 10. The van der Waals surface area contributed by atoms with E-state index >= 15 is 4.39 Å². The lowest BCUT2D eigenvalue weighted by molar-refractivity contribution is 0.131. The Hall–Kier alpha value is -3.58. The van der Waals surface area contributed by atoms with E-state index in [1.165, 1.54) is 0 Å². The summed E-state index contributed by atoms with van der Waals surface area (Å²) in [4.78, 5) is 15.7. The van der Waals surface area contributed by atoms with E-state index in [1.807, 2.05) is 68.5 Å². The summed E-state index contributed by atoms with van der Waals surface area (Å²) >= 11 is 0. The highest BCUT2D eigenvalue weighted by atomic mass is 19.1. The summed E-state index contributed by atoms with van der Waals surface area (Å²) in [5, 5.41) is 6.52. The Morgan fingerprint density at radius 1 is 1.28 bits per heavy atom. The Labute approximate surface area is 214 Å². The van der Waals surface area contributed by atoms with E-state index in [9.17, 15) is 0 Å². The first-order valence-corrected chi connectivity index (χ1v) is 12.2. The maximum Gasteiger partial charge on any atom is 0.161 e. The third-order valence-electron chi connectivity index (χ3n) is 5.91. The van der Waals surface area contributed by atoms with E-state index in [0.717, 1.165) is 33.4 Å². The molecule has 0 radical (unpaired) electrons. The number of anilines is 1. The van der Waals surface area contributed by atoms with Crippen molar-refractivity contribution in [2.75, 3.05) is 46.1 Å². The number of benzene rings is 1. The van der Waals surface area contributed by atoms with Crippen LogP contribution in [0.25, 0.3) is 22.5 Å². The number of aliphatic imine (C=N–C) groups is 1. The van der Waals surface area contributed by atoms with Gasteiger partial charge in [-0.3, -0.25) is 4.99 Å². The van der Waals surface area contributed by atoms with Crippen molar-refractivity contribution in [3.05, 3.63) is 78.7 Å². The zero-order chi connectivity index (χ0) is 26.1. The molecular weight excluding hydrogens is 451 g/mol. The second-order valence-corrected chi connectivity index (χ2v) is 9.38. The largest absolute Gasteiger partial charge is 0.383 e. The van der Waals surface area contributed by atoms with Crippen LogP contribution in [0, 0.1) is 0 Å². The highest BCUT2D eigenvalue weighted by molar-refractivity contribution is 6.12. The second kappa shape index (κ2) is 12.4. The van der Waals surface area contributed by atoms with Crippen molar-refractivity contribution in [2.24, 2.45) is 4.99 Å². The van der Waals surface area contributed by atoms with Gasteiger partial charge in [-0.1, -0.05) is 49.1 Å². The van der Waals surface area contributed by atoms with Crippen molar-refractivity contribution in [3.8, 4) is 11.4 Å². The first kappa shape index (κ1) is 27.0. The smallest absolute Gasteiger partial charge is 0.161 e. The van der Waals surface area contributed by atoms with Crippen molar-refractivity contribution < 1.29 is 4.39 Å². The quantitative estimate of drug-likeness (QED) is 0.346. The molecule has 0 atom stereocenters. The van der Waals surface area contributed by atoms with Crippen LogP contribution in [0.2, 0.25) is 0 Å². The van der Waals surface area contributed by atoms with E-state index < -0.39 is 5.67 Å². The minimum Gasteiger partial charge on any atom is -0.383 e. The van der Waals surface area contributed by atoms with Gasteiger partial charge in [-0.15, -0.1) is 0 Å². The van der Waals surface area contributed by atoms with Gasteiger partial charge in [0.05, 0.1) is 6.54 Å². The molecule has 2 heterocycles. The number of hydrogen-bond donors (Lipinski definition) is 2. The molecular formula is C29H37FN6. The molecule has 1 aliphatic rings. The van der Waals surface area contributed by atoms with Crippen molar-refractivity contribution >= 4 is 23.2 Å². The Morgan fingerprint density at radius 3 is 2.67 bits per heavy atom. The summed E-state index contributed by atoms with van der Waals surface area (Å²) in [7, 11) is 5.66. The van der Waals surface area contributed by atoms with Gasteiger partial charge in [0.1, 0.15) is 11.5 Å². The van der Waals surface area contributed by atoms with Crippen LogP contribution in [0.3, 0.4) is 0 Å². The molecule has 1 fully saturated rings. The Balaban J connectivity index is 2.05. The number of nitrogens with zero attached hydrogens (tertiary/aromatic N) is 4. The molecule has 190 valence electrons. The fraction of sp³-hybridized carbons (Fsp3) is 0.345. The van der Waals surface area contributed by atoms with Crippen LogP contribution in [0.15, 0.2) is 72.5 Å². The number of allylic oxidation sites excluding steroid dienone is 5. The van der Waals surface area contributed by atoms with E-state index in [-0.39, 0.29) is 6.54 Å². The lowest BCUT2D eigenvalue weighted by Crippen LogP contribution is -2.43. The lowest BCUT2D eigenvalue weighted by Gasteiger charge is -2.30. The molecule has 1 aromatic carbocycles. The Bertz CT molecular complexity index is 1170. The van der Waals surface area contributed by atoms with Gasteiger partial charge >= 0.3 is 0 Å². The van der Waals surface area contributed by atoms with E-state index in [4.69, 9.17) is 4.98 Å². The summed E-state index contributed by atoms with van der Waals surface area (Å²) in [6, 6.07) is 8.02. The highest BCUT2D eigenvalue weighted by Crippen LogP contribution is 2.29. The third-order valence-corrected chi connectivity index (χ3v) is 5.91. The number of hydrogen-bond acceptors (Lipinski definition) is 6. The van der Waals surface area contributed by atoms with Gasteiger partial charge in [-0.05, 0) is 50.1 Å². The molecule has 6 nitrogen and oxygen atoms in total. The maximum absolute atomic E-state index is 15.4. The van der Waals surface area contributed by atoms with Crippen molar-refractivity contribution in [1.29, 1.82) is 0 Å². The molecule has 2 N–H and O–H groups in total. The highest BCUT2D eigenvalue weighted by Gasteiger charge is 2.31. The molecule has 0 amide bonds. The van der Waals surface area contributed by atoms with E-state index in [2.05, 4.69) is 33.8 Å².